The van der Waals surface area contributed by atoms with Crippen molar-refractivity contribution in [1.82, 2.24) is 0 Å². The molecule has 146 valence electrons. The van der Waals surface area contributed by atoms with Gasteiger partial charge in [0.15, 0.2) is 0 Å². The first-order valence-electron chi connectivity index (χ1n) is 10.8. The molecule has 12 atom stereocenters. The molecule has 0 radical (unpaired) electrons. The highest BCUT2D eigenvalue weighted by Gasteiger charge is 2.61. The van der Waals surface area contributed by atoms with E-state index >= 15 is 0 Å². The maximum Gasteiger partial charge on any atom is 0.147 e. The zero-order chi connectivity index (χ0) is 17.4. The van der Waals surface area contributed by atoms with Gasteiger partial charge in [0.2, 0.25) is 0 Å². The maximum atomic E-state index is 6.90. The lowest BCUT2D eigenvalue weighted by molar-refractivity contribution is -0.954. The lowest BCUT2D eigenvalue weighted by atomic mass is 9.54. The topological polar surface area (TPSA) is 67.4 Å². The van der Waals surface area contributed by atoms with Crippen LogP contribution in [0.3, 0.4) is 0 Å². The molecule has 3 saturated carbocycles. The molecule has 26 heavy (non-hydrogen) atoms. The van der Waals surface area contributed by atoms with Gasteiger partial charge in [0.1, 0.15) is 19.8 Å². The zero-order valence-electron chi connectivity index (χ0n) is 15.7. The summed E-state index contributed by atoms with van der Waals surface area (Å²) in [6, 6.07) is 0.675. The van der Waals surface area contributed by atoms with Crippen LogP contribution in [-0.4, -0.2) is 57.3 Å². The van der Waals surface area contributed by atoms with Gasteiger partial charge in [-0.1, -0.05) is 0 Å². The zero-order valence-corrected chi connectivity index (χ0v) is 15.7. The minimum absolute atomic E-state index is 0.160. The molecule has 6 rings (SSSR count). The van der Waals surface area contributed by atoms with Gasteiger partial charge in [-0.05, 0) is 50.4 Å². The van der Waals surface area contributed by atoms with Gasteiger partial charge in [0.05, 0.1) is 43.4 Å². The first-order chi connectivity index (χ1) is 12.7. The van der Waals surface area contributed by atoms with E-state index in [4.69, 9.17) is 24.7 Å². The minimum Gasteiger partial charge on any atom is -0.349 e. The average Bonchev–Trinajstić information content (AvgIpc) is 3.31. The number of piperidine rings is 1. The molecule has 12 unspecified atom stereocenters. The van der Waals surface area contributed by atoms with E-state index in [2.05, 4.69) is 7.05 Å². The third-order valence-corrected chi connectivity index (χ3v) is 9.00. The van der Waals surface area contributed by atoms with E-state index in [1.165, 1.54) is 32.1 Å². The highest BCUT2D eigenvalue weighted by Crippen LogP contribution is 2.52. The summed E-state index contributed by atoms with van der Waals surface area (Å²) in [4.78, 5) is 1.54. The van der Waals surface area contributed by atoms with Gasteiger partial charge < -0.3 is 23.8 Å². The van der Waals surface area contributed by atoms with Gasteiger partial charge in [-0.15, -0.1) is 0 Å². The Morgan fingerprint density at radius 2 is 1.50 bits per heavy atom. The van der Waals surface area contributed by atoms with Crippen LogP contribution in [0.4, 0.5) is 0 Å². The number of fused-ring (bicyclic) bond motifs is 8. The van der Waals surface area contributed by atoms with Crippen molar-refractivity contribution in [2.75, 3.05) is 20.6 Å². The van der Waals surface area contributed by atoms with E-state index in [0.717, 1.165) is 24.2 Å². The molecule has 0 amide bonds. The third-order valence-electron chi connectivity index (χ3n) is 9.00. The summed E-state index contributed by atoms with van der Waals surface area (Å²) >= 11 is 0. The lowest BCUT2D eigenvalue weighted by Crippen LogP contribution is -3.22. The van der Waals surface area contributed by atoms with Crippen molar-refractivity contribution >= 4 is 0 Å². The van der Waals surface area contributed by atoms with Crippen molar-refractivity contribution < 1.29 is 23.8 Å². The summed E-state index contributed by atoms with van der Waals surface area (Å²) in [5.41, 5.74) is 6.90. The molecule has 6 fully saturated rings. The van der Waals surface area contributed by atoms with Gasteiger partial charge in [-0.25, -0.2) is 0 Å². The second kappa shape index (κ2) is 6.13. The number of quaternary nitrogens is 1. The van der Waals surface area contributed by atoms with Crippen LogP contribution in [0.5, 0.6) is 0 Å². The fourth-order valence-electron chi connectivity index (χ4n) is 7.94. The number of nitrogens with one attached hydrogen (secondary N) is 1. The molecule has 0 spiro atoms. The van der Waals surface area contributed by atoms with E-state index in [-0.39, 0.29) is 18.4 Å². The molecular formula is C20H33N2O4+. The molecule has 3 saturated heterocycles. The summed E-state index contributed by atoms with van der Waals surface area (Å²) < 4.78 is 23.6. The Bertz CT molecular complexity index is 562. The van der Waals surface area contributed by atoms with Crippen molar-refractivity contribution in [2.45, 2.75) is 75.1 Å². The Labute approximate surface area is 155 Å². The van der Waals surface area contributed by atoms with Gasteiger partial charge >= 0.3 is 0 Å². The molecule has 0 bridgehead atoms. The molecule has 3 aliphatic carbocycles. The number of ether oxygens (including phenoxy) is 4. The van der Waals surface area contributed by atoms with Crippen LogP contribution in [-0.2, 0) is 18.9 Å². The number of likely N-dealkylation sites (tertiary alicyclic amines) is 1. The Hall–Kier alpha value is -0.240. The smallest absolute Gasteiger partial charge is 0.147 e. The van der Waals surface area contributed by atoms with Crippen LogP contribution in [0.1, 0.15) is 38.5 Å². The van der Waals surface area contributed by atoms with Crippen molar-refractivity contribution in [3.05, 3.63) is 0 Å². The lowest BCUT2D eigenvalue weighted by Gasteiger charge is -2.58. The van der Waals surface area contributed by atoms with Crippen molar-refractivity contribution in [1.29, 1.82) is 0 Å². The first kappa shape index (κ1) is 16.7. The van der Waals surface area contributed by atoms with E-state index in [1.807, 2.05) is 0 Å². The molecule has 6 aliphatic rings. The van der Waals surface area contributed by atoms with Gasteiger partial charge in [-0.2, -0.15) is 0 Å². The highest BCUT2D eigenvalue weighted by atomic mass is 16.7. The standard InChI is InChI=1S/C20H32N2O4/c1-22-18-12(3-2-10-6-15-16(7-13(10)18)25-8-24-15)11-4-5-14-19(26-9-23-14)17(11)20(22)21/h10-20H,2-9,21H2,1H3/p+1. The Kier molecular flexibility index (Phi) is 3.93. The summed E-state index contributed by atoms with van der Waals surface area (Å²) in [5, 5.41) is 0. The first-order valence-corrected chi connectivity index (χ1v) is 10.8. The number of rotatable bonds is 0. The fourth-order valence-corrected chi connectivity index (χ4v) is 7.94. The van der Waals surface area contributed by atoms with Crippen molar-refractivity contribution in [3.8, 4) is 0 Å². The van der Waals surface area contributed by atoms with Gasteiger partial charge in [0.25, 0.3) is 0 Å². The summed E-state index contributed by atoms with van der Waals surface area (Å²) in [7, 11) is 2.35. The van der Waals surface area contributed by atoms with E-state index < -0.39 is 0 Å². The van der Waals surface area contributed by atoms with Crippen molar-refractivity contribution in [2.24, 2.45) is 35.3 Å². The molecule has 6 heteroatoms. The monoisotopic (exact) mass is 365 g/mol. The summed E-state index contributed by atoms with van der Waals surface area (Å²) in [6.45, 7) is 0.958. The SMILES string of the molecule is C[NH+]1C(N)C2C(CCC3OCOC32)C2CCC3CC4OCOC4CC3C21. The van der Waals surface area contributed by atoms with Crippen molar-refractivity contribution in [3.63, 3.8) is 0 Å². The molecule has 3 aliphatic heterocycles. The maximum absolute atomic E-state index is 6.90. The largest absolute Gasteiger partial charge is 0.349 e. The van der Waals surface area contributed by atoms with Crippen LogP contribution >= 0.6 is 0 Å². The van der Waals surface area contributed by atoms with Crippen LogP contribution in [0.2, 0.25) is 0 Å². The van der Waals surface area contributed by atoms with E-state index in [9.17, 15) is 0 Å². The van der Waals surface area contributed by atoms with Crippen LogP contribution in [0, 0.1) is 29.6 Å². The summed E-state index contributed by atoms with van der Waals surface area (Å²) in [6.07, 6.45) is 8.81. The van der Waals surface area contributed by atoms with Crippen LogP contribution in [0.25, 0.3) is 0 Å². The molecule has 6 nitrogen and oxygen atoms in total. The molecule has 0 aromatic carbocycles. The molecule has 0 aromatic heterocycles. The number of nitrogens with two attached hydrogens (primary N) is 1. The van der Waals surface area contributed by atoms with Gasteiger partial charge in [-0.3, -0.25) is 5.73 Å². The predicted octanol–water partition coefficient (Wildman–Crippen LogP) is 0.114. The quantitative estimate of drug-likeness (QED) is 0.638. The van der Waals surface area contributed by atoms with E-state index in [0.29, 0.717) is 43.7 Å². The second-order valence-electron chi connectivity index (χ2n) is 9.73. The van der Waals surface area contributed by atoms with Crippen LogP contribution < -0.4 is 10.6 Å². The number of hydrogen-bond donors (Lipinski definition) is 2. The number of hydrogen-bond acceptors (Lipinski definition) is 5. The third kappa shape index (κ3) is 2.26. The predicted molar refractivity (Wildman–Crippen MR) is 93.0 cm³/mol. The Balaban J connectivity index is 1.30. The fraction of sp³-hybridized carbons (Fsp3) is 1.00. The normalized spacial score (nSPS) is 61.2. The molecule has 3 heterocycles. The molecular weight excluding hydrogens is 332 g/mol. The second-order valence-corrected chi connectivity index (χ2v) is 9.73. The molecule has 0 aromatic rings. The highest BCUT2D eigenvalue weighted by molar-refractivity contribution is 5.04. The van der Waals surface area contributed by atoms with Crippen LogP contribution in [0.15, 0.2) is 0 Å². The average molecular weight is 365 g/mol. The summed E-state index contributed by atoms with van der Waals surface area (Å²) in [5.74, 6) is 3.48. The minimum atomic E-state index is 0.160. The van der Waals surface area contributed by atoms with E-state index in [1.54, 1.807) is 4.90 Å². The van der Waals surface area contributed by atoms with Gasteiger partial charge in [0, 0.05) is 11.8 Å². The molecule has 3 N–H and O–H groups in total. The Morgan fingerprint density at radius 1 is 0.769 bits per heavy atom. The Morgan fingerprint density at radius 3 is 2.38 bits per heavy atom.